The van der Waals surface area contributed by atoms with E-state index in [9.17, 15) is 13.2 Å². The van der Waals surface area contributed by atoms with Crippen molar-refractivity contribution in [3.63, 3.8) is 0 Å². The second-order valence-corrected chi connectivity index (χ2v) is 7.92. The number of hydrogen-bond acceptors (Lipinski definition) is 4. The minimum atomic E-state index is -3.81. The Balaban J connectivity index is 2.02. The third kappa shape index (κ3) is 5.81. The van der Waals surface area contributed by atoms with Crippen LogP contribution in [0.1, 0.15) is 19.4 Å². The average Bonchev–Trinajstić information content (AvgIpc) is 2.60. The van der Waals surface area contributed by atoms with Gasteiger partial charge >= 0.3 is 0 Å². The third-order valence-electron chi connectivity index (χ3n) is 3.62. The number of halogens is 1. The van der Waals surface area contributed by atoms with E-state index in [-0.39, 0.29) is 4.90 Å². The molecule has 0 aliphatic carbocycles. The van der Waals surface area contributed by atoms with Gasteiger partial charge in [0.05, 0.1) is 10.9 Å². The second-order valence-electron chi connectivity index (χ2n) is 5.77. The molecule has 26 heavy (non-hydrogen) atoms. The predicted octanol–water partition coefficient (Wildman–Crippen LogP) is 2.76. The van der Waals surface area contributed by atoms with Crippen molar-refractivity contribution in [3.05, 3.63) is 59.1 Å². The van der Waals surface area contributed by atoms with E-state index in [2.05, 4.69) is 15.4 Å². The molecule has 0 saturated heterocycles. The highest BCUT2D eigenvalue weighted by Crippen LogP contribution is 2.15. The Morgan fingerprint density at radius 1 is 1.15 bits per heavy atom. The molecule has 1 amide bonds. The van der Waals surface area contributed by atoms with Crippen molar-refractivity contribution in [1.29, 1.82) is 0 Å². The van der Waals surface area contributed by atoms with Crippen molar-refractivity contribution in [2.45, 2.75) is 31.3 Å². The molecule has 6 nitrogen and oxygen atoms in total. The van der Waals surface area contributed by atoms with Gasteiger partial charge in [-0.05, 0) is 55.4 Å². The molecule has 1 atom stereocenters. The molecule has 1 unspecified atom stereocenters. The van der Waals surface area contributed by atoms with Crippen LogP contribution in [0.2, 0.25) is 5.02 Å². The van der Waals surface area contributed by atoms with Crippen molar-refractivity contribution in [2.24, 2.45) is 0 Å². The summed E-state index contributed by atoms with van der Waals surface area (Å²) in [6.45, 7) is 5.05. The quantitative estimate of drug-likeness (QED) is 0.641. The van der Waals surface area contributed by atoms with E-state index in [0.717, 1.165) is 12.1 Å². The van der Waals surface area contributed by atoms with Crippen LogP contribution in [0, 0.1) is 0 Å². The Kier molecular flexibility index (Phi) is 7.16. The van der Waals surface area contributed by atoms with Crippen molar-refractivity contribution in [3.8, 4) is 0 Å². The zero-order valence-electron chi connectivity index (χ0n) is 14.6. The zero-order valence-corrected chi connectivity index (χ0v) is 16.2. The summed E-state index contributed by atoms with van der Waals surface area (Å²) in [7, 11) is -3.81. The highest BCUT2D eigenvalue weighted by Gasteiger charge is 2.22. The number of carbonyl (C=O) groups excluding carboxylic acids is 1. The number of carbonyl (C=O) groups is 1. The molecular weight excluding hydrogens is 374 g/mol. The molecule has 0 aliphatic rings. The average molecular weight is 396 g/mol. The highest BCUT2D eigenvalue weighted by atomic mass is 35.5. The molecule has 0 aromatic heterocycles. The van der Waals surface area contributed by atoms with Crippen LogP contribution in [0.5, 0.6) is 0 Å². The summed E-state index contributed by atoms with van der Waals surface area (Å²) in [5.41, 5.74) is 1.64. The number of anilines is 1. The molecule has 2 rings (SSSR count). The lowest BCUT2D eigenvalue weighted by Gasteiger charge is -2.15. The van der Waals surface area contributed by atoms with Crippen LogP contribution in [-0.2, 0) is 21.4 Å². The molecule has 3 N–H and O–H groups in total. The van der Waals surface area contributed by atoms with Crippen LogP contribution >= 0.6 is 11.6 Å². The summed E-state index contributed by atoms with van der Waals surface area (Å²) < 4.78 is 27.0. The van der Waals surface area contributed by atoms with Gasteiger partial charge in [0, 0.05) is 17.3 Å². The van der Waals surface area contributed by atoms with E-state index >= 15 is 0 Å². The molecular formula is C18H22ClN3O3S. The first kappa shape index (κ1) is 20.4. The lowest BCUT2D eigenvalue weighted by atomic mass is 10.2. The van der Waals surface area contributed by atoms with Crippen molar-refractivity contribution >= 4 is 33.2 Å². The predicted molar refractivity (Wildman–Crippen MR) is 104 cm³/mol. The molecule has 140 valence electrons. The standard InChI is InChI=1S/C18H22ClN3O3S/c1-3-20-12-14-5-4-6-16(11-14)21-18(23)13(2)22-26(24,25)17-9-7-15(19)8-10-17/h4-11,13,20,22H,3,12H2,1-2H3,(H,21,23). The van der Waals surface area contributed by atoms with E-state index in [1.807, 2.05) is 25.1 Å². The summed E-state index contributed by atoms with van der Waals surface area (Å²) >= 11 is 5.77. The largest absolute Gasteiger partial charge is 0.325 e. The summed E-state index contributed by atoms with van der Waals surface area (Å²) in [5, 5.41) is 6.37. The Hall–Kier alpha value is -1.93. The minimum Gasteiger partial charge on any atom is -0.325 e. The van der Waals surface area contributed by atoms with Gasteiger partial charge in [-0.25, -0.2) is 8.42 Å². The summed E-state index contributed by atoms with van der Waals surface area (Å²) in [4.78, 5) is 12.4. The monoisotopic (exact) mass is 395 g/mol. The van der Waals surface area contributed by atoms with Gasteiger partial charge in [0.15, 0.2) is 0 Å². The first-order valence-electron chi connectivity index (χ1n) is 8.20. The van der Waals surface area contributed by atoms with Gasteiger partial charge in [-0.1, -0.05) is 30.7 Å². The first-order valence-corrected chi connectivity index (χ1v) is 10.1. The lowest BCUT2D eigenvalue weighted by Crippen LogP contribution is -2.41. The third-order valence-corrected chi connectivity index (χ3v) is 5.43. The Bertz CT molecular complexity index is 854. The highest BCUT2D eigenvalue weighted by molar-refractivity contribution is 7.89. The van der Waals surface area contributed by atoms with Gasteiger partial charge in [0.2, 0.25) is 15.9 Å². The molecule has 0 bridgehead atoms. The Labute approximate surface area is 159 Å². The maximum Gasteiger partial charge on any atom is 0.242 e. The van der Waals surface area contributed by atoms with E-state index < -0.39 is 22.0 Å². The fourth-order valence-corrected chi connectivity index (χ4v) is 3.58. The molecule has 0 heterocycles. The zero-order chi connectivity index (χ0) is 19.2. The number of sulfonamides is 1. The van der Waals surface area contributed by atoms with Gasteiger partial charge < -0.3 is 10.6 Å². The summed E-state index contributed by atoms with van der Waals surface area (Å²) in [5.74, 6) is -0.442. The van der Waals surface area contributed by atoms with Crippen molar-refractivity contribution in [1.82, 2.24) is 10.0 Å². The SMILES string of the molecule is CCNCc1cccc(NC(=O)C(C)NS(=O)(=O)c2ccc(Cl)cc2)c1. The number of benzene rings is 2. The molecule has 2 aromatic rings. The number of hydrogen-bond donors (Lipinski definition) is 3. The maximum atomic E-state index is 12.3. The molecule has 0 aliphatic heterocycles. The van der Waals surface area contributed by atoms with Crippen LogP contribution in [0.15, 0.2) is 53.4 Å². The number of nitrogens with one attached hydrogen (secondary N) is 3. The molecule has 2 aromatic carbocycles. The van der Waals surface area contributed by atoms with Crippen LogP contribution in [0.3, 0.4) is 0 Å². The molecule has 0 spiro atoms. The van der Waals surface area contributed by atoms with Crippen LogP contribution < -0.4 is 15.4 Å². The van der Waals surface area contributed by atoms with Crippen LogP contribution in [0.25, 0.3) is 0 Å². The Morgan fingerprint density at radius 3 is 2.50 bits per heavy atom. The fraction of sp³-hybridized carbons (Fsp3) is 0.278. The van der Waals surface area contributed by atoms with E-state index in [4.69, 9.17) is 11.6 Å². The Morgan fingerprint density at radius 2 is 1.85 bits per heavy atom. The van der Waals surface area contributed by atoms with Crippen LogP contribution in [-0.4, -0.2) is 26.9 Å². The first-order chi connectivity index (χ1) is 12.3. The summed E-state index contributed by atoms with van der Waals surface area (Å²) in [6, 6.07) is 12.2. The van der Waals surface area contributed by atoms with Gasteiger partial charge in [0.25, 0.3) is 0 Å². The van der Waals surface area contributed by atoms with E-state index in [0.29, 0.717) is 17.3 Å². The van der Waals surface area contributed by atoms with E-state index in [1.54, 1.807) is 6.07 Å². The van der Waals surface area contributed by atoms with Crippen LogP contribution in [0.4, 0.5) is 5.69 Å². The molecule has 8 heteroatoms. The maximum absolute atomic E-state index is 12.3. The molecule has 0 fully saturated rings. The molecule has 0 radical (unpaired) electrons. The smallest absolute Gasteiger partial charge is 0.242 e. The normalized spacial score (nSPS) is 12.6. The minimum absolute atomic E-state index is 0.0502. The van der Waals surface area contributed by atoms with E-state index in [1.165, 1.54) is 31.2 Å². The second kappa shape index (κ2) is 9.14. The van der Waals surface area contributed by atoms with Gasteiger partial charge in [-0.15, -0.1) is 0 Å². The lowest BCUT2D eigenvalue weighted by molar-refractivity contribution is -0.117. The number of amides is 1. The number of rotatable bonds is 8. The topological polar surface area (TPSA) is 87.3 Å². The van der Waals surface area contributed by atoms with Crippen molar-refractivity contribution in [2.75, 3.05) is 11.9 Å². The fourth-order valence-electron chi connectivity index (χ4n) is 2.25. The van der Waals surface area contributed by atoms with Gasteiger partial charge in [-0.3, -0.25) is 4.79 Å². The molecule has 0 saturated carbocycles. The van der Waals surface area contributed by atoms with Crippen molar-refractivity contribution < 1.29 is 13.2 Å². The summed E-state index contributed by atoms with van der Waals surface area (Å²) in [6.07, 6.45) is 0. The van der Waals surface area contributed by atoms with Gasteiger partial charge in [0.1, 0.15) is 0 Å². The van der Waals surface area contributed by atoms with Gasteiger partial charge in [-0.2, -0.15) is 4.72 Å².